The summed E-state index contributed by atoms with van der Waals surface area (Å²) in [5.41, 5.74) is 2.59. The van der Waals surface area contributed by atoms with Crippen molar-refractivity contribution in [2.75, 3.05) is 39.8 Å². The molecule has 0 atom stereocenters. The fourth-order valence-electron chi connectivity index (χ4n) is 3.72. The van der Waals surface area contributed by atoms with E-state index in [9.17, 15) is 18.0 Å². The van der Waals surface area contributed by atoms with Crippen LogP contribution in [0.5, 0.6) is 0 Å². The van der Waals surface area contributed by atoms with Crippen LogP contribution in [-0.4, -0.2) is 74.1 Å². The van der Waals surface area contributed by atoms with Crippen LogP contribution in [0.4, 0.5) is 0 Å². The van der Waals surface area contributed by atoms with Gasteiger partial charge >= 0.3 is 0 Å². The van der Waals surface area contributed by atoms with Gasteiger partial charge in [0.25, 0.3) is 5.91 Å². The Kier molecular flexibility index (Phi) is 8.23. The molecule has 0 aliphatic carbocycles. The van der Waals surface area contributed by atoms with Gasteiger partial charge in [-0.3, -0.25) is 9.59 Å². The van der Waals surface area contributed by atoms with Crippen molar-refractivity contribution in [1.82, 2.24) is 19.4 Å². The number of nitrogens with zero attached hydrogens (tertiary/aromatic N) is 3. The lowest BCUT2D eigenvalue weighted by Gasteiger charge is -2.33. The molecule has 1 saturated heterocycles. The number of rotatable bonds is 8. The second kappa shape index (κ2) is 10.9. The van der Waals surface area contributed by atoms with Crippen molar-refractivity contribution in [2.45, 2.75) is 31.8 Å². The summed E-state index contributed by atoms with van der Waals surface area (Å²) in [5, 5.41) is 2.90. The molecular weight excluding hydrogens is 440 g/mol. The smallest absolute Gasteiger partial charge is 0.251 e. The van der Waals surface area contributed by atoms with Crippen molar-refractivity contribution in [3.8, 4) is 0 Å². The van der Waals surface area contributed by atoms with E-state index in [1.165, 1.54) is 41.1 Å². The van der Waals surface area contributed by atoms with Gasteiger partial charge in [0, 0.05) is 51.8 Å². The van der Waals surface area contributed by atoms with Crippen LogP contribution >= 0.6 is 0 Å². The van der Waals surface area contributed by atoms with Gasteiger partial charge in [0.1, 0.15) is 0 Å². The maximum atomic E-state index is 12.9. The molecule has 0 radical (unpaired) electrons. The zero-order valence-electron chi connectivity index (χ0n) is 19.5. The first-order valence-electron chi connectivity index (χ1n) is 11.1. The van der Waals surface area contributed by atoms with Crippen LogP contribution in [-0.2, 0) is 27.9 Å². The molecule has 1 aliphatic rings. The lowest BCUT2D eigenvalue weighted by atomic mass is 10.1. The average Bonchev–Trinajstić information content (AvgIpc) is 2.82. The number of hydrogen-bond acceptors (Lipinski definition) is 5. The highest BCUT2D eigenvalue weighted by Gasteiger charge is 2.29. The Hall–Kier alpha value is -2.75. The highest BCUT2D eigenvalue weighted by Crippen LogP contribution is 2.18. The molecule has 2 aromatic rings. The van der Waals surface area contributed by atoms with Gasteiger partial charge in [-0.2, -0.15) is 4.31 Å². The summed E-state index contributed by atoms with van der Waals surface area (Å²) in [4.78, 5) is 28.0. The molecular formula is C24H32N4O4S. The SMILES string of the molecule is CCN(C)Cc1cccc(CNC(=O)c2ccc(S(=O)(=O)N3CCN(C(C)=O)CC3)cc2)c1. The van der Waals surface area contributed by atoms with Crippen molar-refractivity contribution < 1.29 is 18.0 Å². The normalized spacial score (nSPS) is 15.0. The third kappa shape index (κ3) is 6.40. The predicted octanol–water partition coefficient (Wildman–Crippen LogP) is 1.92. The molecule has 178 valence electrons. The highest BCUT2D eigenvalue weighted by atomic mass is 32.2. The van der Waals surface area contributed by atoms with Gasteiger partial charge in [-0.15, -0.1) is 0 Å². The van der Waals surface area contributed by atoms with E-state index in [1.807, 2.05) is 12.1 Å². The Labute approximate surface area is 196 Å². The third-order valence-corrected chi connectivity index (χ3v) is 7.79. The van der Waals surface area contributed by atoms with Gasteiger partial charge in [0.2, 0.25) is 15.9 Å². The molecule has 0 aromatic heterocycles. The number of amides is 2. The van der Waals surface area contributed by atoms with Crippen LogP contribution in [0.3, 0.4) is 0 Å². The summed E-state index contributed by atoms with van der Waals surface area (Å²) in [7, 11) is -1.61. The van der Waals surface area contributed by atoms with Crippen molar-refractivity contribution in [3.63, 3.8) is 0 Å². The minimum Gasteiger partial charge on any atom is -0.348 e. The van der Waals surface area contributed by atoms with Crippen LogP contribution in [0.15, 0.2) is 53.4 Å². The average molecular weight is 473 g/mol. The monoisotopic (exact) mass is 472 g/mol. The van der Waals surface area contributed by atoms with Crippen molar-refractivity contribution in [3.05, 3.63) is 65.2 Å². The Balaban J connectivity index is 1.59. The van der Waals surface area contributed by atoms with Crippen LogP contribution in [0.1, 0.15) is 35.3 Å². The second-order valence-electron chi connectivity index (χ2n) is 8.27. The standard InChI is InChI=1S/C24H32N4O4S/c1-4-26(3)18-21-7-5-6-20(16-21)17-25-24(30)22-8-10-23(11-9-22)33(31,32)28-14-12-27(13-15-28)19(2)29/h5-11,16H,4,12-15,17-18H2,1-3H3,(H,25,30). The number of sulfonamides is 1. The van der Waals surface area contributed by atoms with Gasteiger partial charge in [0.15, 0.2) is 0 Å². The lowest BCUT2D eigenvalue weighted by molar-refractivity contribution is -0.129. The molecule has 1 heterocycles. The van der Waals surface area contributed by atoms with Crippen molar-refractivity contribution in [1.29, 1.82) is 0 Å². The van der Waals surface area contributed by atoms with E-state index in [0.29, 0.717) is 25.2 Å². The Morgan fingerprint density at radius 1 is 1.00 bits per heavy atom. The quantitative estimate of drug-likeness (QED) is 0.634. The van der Waals surface area contributed by atoms with E-state index in [-0.39, 0.29) is 29.8 Å². The summed E-state index contributed by atoms with van der Waals surface area (Å²) in [5.74, 6) is -0.312. The van der Waals surface area contributed by atoms with Gasteiger partial charge in [-0.05, 0) is 49.0 Å². The summed E-state index contributed by atoms with van der Waals surface area (Å²) in [6, 6.07) is 14.1. The van der Waals surface area contributed by atoms with E-state index >= 15 is 0 Å². The number of nitrogens with one attached hydrogen (secondary N) is 1. The minimum atomic E-state index is -3.67. The molecule has 1 fully saturated rings. The van der Waals surface area contributed by atoms with Gasteiger partial charge in [-0.1, -0.05) is 31.2 Å². The third-order valence-electron chi connectivity index (χ3n) is 5.88. The second-order valence-corrected chi connectivity index (χ2v) is 10.2. The first-order valence-corrected chi connectivity index (χ1v) is 12.5. The summed E-state index contributed by atoms with van der Waals surface area (Å²) in [6.45, 7) is 7.07. The molecule has 0 saturated carbocycles. The molecule has 8 nitrogen and oxygen atoms in total. The van der Waals surface area contributed by atoms with E-state index in [2.05, 4.69) is 36.3 Å². The number of hydrogen-bond donors (Lipinski definition) is 1. The molecule has 1 N–H and O–H groups in total. The number of benzene rings is 2. The molecule has 9 heteroatoms. The molecule has 2 amide bonds. The maximum Gasteiger partial charge on any atom is 0.251 e. The van der Waals surface area contributed by atoms with E-state index in [0.717, 1.165) is 18.7 Å². The zero-order chi connectivity index (χ0) is 24.0. The maximum absolute atomic E-state index is 12.9. The predicted molar refractivity (Wildman–Crippen MR) is 127 cm³/mol. The molecule has 0 unspecified atom stereocenters. The minimum absolute atomic E-state index is 0.0533. The van der Waals surface area contributed by atoms with Crippen LogP contribution < -0.4 is 5.32 Å². The fraction of sp³-hybridized carbons (Fsp3) is 0.417. The molecule has 0 spiro atoms. The van der Waals surface area contributed by atoms with Gasteiger partial charge in [-0.25, -0.2) is 8.42 Å². The van der Waals surface area contributed by atoms with Crippen LogP contribution in [0.25, 0.3) is 0 Å². The molecule has 1 aliphatic heterocycles. The van der Waals surface area contributed by atoms with E-state index in [1.54, 1.807) is 4.90 Å². The number of piperazine rings is 1. The Bertz CT molecular complexity index is 1080. The highest BCUT2D eigenvalue weighted by molar-refractivity contribution is 7.89. The molecule has 33 heavy (non-hydrogen) atoms. The van der Waals surface area contributed by atoms with Crippen molar-refractivity contribution in [2.24, 2.45) is 0 Å². The van der Waals surface area contributed by atoms with Crippen molar-refractivity contribution >= 4 is 21.8 Å². The topological polar surface area (TPSA) is 90.0 Å². The van der Waals surface area contributed by atoms with E-state index in [4.69, 9.17) is 0 Å². The molecule has 3 rings (SSSR count). The van der Waals surface area contributed by atoms with Gasteiger partial charge in [0.05, 0.1) is 4.90 Å². The fourth-order valence-corrected chi connectivity index (χ4v) is 5.14. The molecule has 2 aromatic carbocycles. The zero-order valence-corrected chi connectivity index (χ0v) is 20.3. The summed E-state index contributed by atoms with van der Waals surface area (Å²) in [6.07, 6.45) is 0. The summed E-state index contributed by atoms with van der Waals surface area (Å²) < 4.78 is 27.2. The number of carbonyl (C=O) groups is 2. The first kappa shape index (κ1) is 24.9. The molecule has 0 bridgehead atoms. The van der Waals surface area contributed by atoms with Crippen LogP contribution in [0.2, 0.25) is 0 Å². The first-order chi connectivity index (χ1) is 15.7. The lowest BCUT2D eigenvalue weighted by Crippen LogP contribution is -2.49. The van der Waals surface area contributed by atoms with Gasteiger partial charge < -0.3 is 15.1 Å². The van der Waals surface area contributed by atoms with E-state index < -0.39 is 10.0 Å². The summed E-state index contributed by atoms with van der Waals surface area (Å²) >= 11 is 0. The van der Waals surface area contributed by atoms with Crippen LogP contribution in [0, 0.1) is 0 Å². The largest absolute Gasteiger partial charge is 0.348 e. The Morgan fingerprint density at radius 3 is 2.24 bits per heavy atom. The Morgan fingerprint density at radius 2 is 1.64 bits per heavy atom. The number of carbonyl (C=O) groups excluding carboxylic acids is 2.